The number of nitrogens with one attached hydrogen (secondary N) is 1. The number of hydrazine groups is 1. The Morgan fingerprint density at radius 2 is 2.05 bits per heavy atom. The largest absolute Gasteiger partial charge is 0.494 e. The minimum Gasteiger partial charge on any atom is -0.494 e. The number of carbonyl (C=O) groups is 2. The first-order chi connectivity index (χ1) is 10.1. The SMILES string of the molecule is CCOc1ccc(-c2cc(C(N)=O)c(N(N)C=O)[nH]2)cc1. The summed E-state index contributed by atoms with van der Waals surface area (Å²) in [5.41, 5.74) is 6.87. The van der Waals surface area contributed by atoms with E-state index in [1.807, 2.05) is 31.2 Å². The van der Waals surface area contributed by atoms with Crippen LogP contribution < -0.4 is 21.3 Å². The highest BCUT2D eigenvalue weighted by molar-refractivity contribution is 6.01. The molecule has 0 fully saturated rings. The van der Waals surface area contributed by atoms with Crippen molar-refractivity contribution in [1.29, 1.82) is 0 Å². The average molecular weight is 288 g/mol. The summed E-state index contributed by atoms with van der Waals surface area (Å²) in [6, 6.07) is 8.82. The van der Waals surface area contributed by atoms with E-state index in [1.165, 1.54) is 0 Å². The van der Waals surface area contributed by atoms with Gasteiger partial charge in [-0.2, -0.15) is 0 Å². The minimum atomic E-state index is -0.671. The molecule has 1 heterocycles. The lowest BCUT2D eigenvalue weighted by Crippen LogP contribution is -2.31. The first-order valence-corrected chi connectivity index (χ1v) is 6.32. The molecule has 2 amide bonds. The van der Waals surface area contributed by atoms with E-state index < -0.39 is 5.91 Å². The number of ether oxygens (including phenoxy) is 1. The molecule has 0 aliphatic rings. The summed E-state index contributed by atoms with van der Waals surface area (Å²) >= 11 is 0. The zero-order valence-electron chi connectivity index (χ0n) is 11.5. The maximum atomic E-state index is 11.4. The molecule has 7 nitrogen and oxygen atoms in total. The Labute approximate surface area is 121 Å². The lowest BCUT2D eigenvalue weighted by Gasteiger charge is -2.09. The highest BCUT2D eigenvalue weighted by Gasteiger charge is 2.17. The van der Waals surface area contributed by atoms with Gasteiger partial charge in [-0.1, -0.05) is 0 Å². The Bertz CT molecular complexity index is 649. The molecule has 0 bridgehead atoms. The number of hydrogen-bond donors (Lipinski definition) is 3. The number of nitrogens with zero attached hydrogens (tertiary/aromatic N) is 1. The fraction of sp³-hybridized carbons (Fsp3) is 0.143. The van der Waals surface area contributed by atoms with Crippen molar-refractivity contribution in [3.8, 4) is 17.0 Å². The maximum absolute atomic E-state index is 11.4. The number of aromatic amines is 1. The van der Waals surface area contributed by atoms with Crippen LogP contribution in [0.1, 0.15) is 17.3 Å². The Kier molecular flexibility index (Phi) is 4.24. The van der Waals surface area contributed by atoms with Crippen LogP contribution in [-0.2, 0) is 4.79 Å². The first-order valence-electron chi connectivity index (χ1n) is 6.32. The van der Waals surface area contributed by atoms with Crippen LogP contribution in [0.25, 0.3) is 11.3 Å². The zero-order valence-corrected chi connectivity index (χ0v) is 11.5. The average Bonchev–Trinajstić information content (AvgIpc) is 2.93. The van der Waals surface area contributed by atoms with E-state index in [2.05, 4.69) is 4.98 Å². The number of rotatable bonds is 6. The van der Waals surface area contributed by atoms with Crippen molar-refractivity contribution in [3.05, 3.63) is 35.9 Å². The van der Waals surface area contributed by atoms with E-state index in [0.717, 1.165) is 16.3 Å². The third-order valence-corrected chi connectivity index (χ3v) is 2.91. The van der Waals surface area contributed by atoms with Crippen LogP contribution in [0.3, 0.4) is 0 Å². The van der Waals surface area contributed by atoms with Gasteiger partial charge >= 0.3 is 0 Å². The molecule has 0 aliphatic heterocycles. The standard InChI is InChI=1S/C14H16N4O3/c1-2-21-10-5-3-9(4-6-10)12-7-11(13(15)20)14(17-12)18(16)8-19/h3-8,17H,2,16H2,1H3,(H2,15,20). The van der Waals surface area contributed by atoms with Gasteiger partial charge in [-0.15, -0.1) is 0 Å². The van der Waals surface area contributed by atoms with Gasteiger partial charge in [-0.05, 0) is 42.8 Å². The molecular weight excluding hydrogens is 272 g/mol. The lowest BCUT2D eigenvalue weighted by atomic mass is 10.1. The minimum absolute atomic E-state index is 0.147. The van der Waals surface area contributed by atoms with Crippen molar-refractivity contribution in [1.82, 2.24) is 4.98 Å². The number of benzene rings is 1. The molecule has 2 aromatic rings. The van der Waals surface area contributed by atoms with Gasteiger partial charge in [-0.25, -0.2) is 10.9 Å². The van der Waals surface area contributed by atoms with Crippen molar-refractivity contribution in [2.75, 3.05) is 11.6 Å². The van der Waals surface area contributed by atoms with Crippen LogP contribution in [0, 0.1) is 0 Å². The fourth-order valence-electron chi connectivity index (χ4n) is 1.94. The highest BCUT2D eigenvalue weighted by atomic mass is 16.5. The van der Waals surface area contributed by atoms with Crippen LogP contribution in [0.4, 0.5) is 5.82 Å². The third-order valence-electron chi connectivity index (χ3n) is 2.91. The van der Waals surface area contributed by atoms with Crippen LogP contribution in [0.15, 0.2) is 30.3 Å². The molecule has 0 saturated carbocycles. The van der Waals surface area contributed by atoms with Gasteiger partial charge < -0.3 is 15.5 Å². The van der Waals surface area contributed by atoms with Crippen LogP contribution >= 0.6 is 0 Å². The maximum Gasteiger partial charge on any atom is 0.252 e. The molecule has 0 spiro atoms. The molecule has 1 aromatic heterocycles. The Morgan fingerprint density at radius 1 is 1.38 bits per heavy atom. The number of carbonyl (C=O) groups excluding carboxylic acids is 2. The van der Waals surface area contributed by atoms with Gasteiger partial charge in [-0.3, -0.25) is 9.59 Å². The van der Waals surface area contributed by atoms with Crippen LogP contribution in [-0.4, -0.2) is 23.9 Å². The van der Waals surface area contributed by atoms with Crippen molar-refractivity contribution < 1.29 is 14.3 Å². The summed E-state index contributed by atoms with van der Waals surface area (Å²) in [5, 5.41) is 0.776. The van der Waals surface area contributed by atoms with Crippen molar-refractivity contribution >= 4 is 18.1 Å². The van der Waals surface area contributed by atoms with Crippen LogP contribution in [0.2, 0.25) is 0 Å². The molecule has 110 valence electrons. The third kappa shape index (κ3) is 3.03. The van der Waals surface area contributed by atoms with Gasteiger partial charge in [0.15, 0.2) is 0 Å². The monoisotopic (exact) mass is 288 g/mol. The summed E-state index contributed by atoms with van der Waals surface area (Å²) < 4.78 is 5.36. The number of hydrogen-bond acceptors (Lipinski definition) is 4. The second-order valence-electron chi connectivity index (χ2n) is 4.28. The van der Waals surface area contributed by atoms with Crippen molar-refractivity contribution in [2.24, 2.45) is 11.6 Å². The number of amides is 2. The molecule has 0 unspecified atom stereocenters. The summed E-state index contributed by atoms with van der Waals surface area (Å²) in [7, 11) is 0. The molecular formula is C14H16N4O3. The topological polar surface area (TPSA) is 114 Å². The summed E-state index contributed by atoms with van der Waals surface area (Å²) in [5.74, 6) is 5.72. The normalized spacial score (nSPS) is 10.2. The van der Waals surface area contributed by atoms with Gasteiger partial charge in [0.2, 0.25) is 6.41 Å². The second-order valence-corrected chi connectivity index (χ2v) is 4.28. The molecule has 2 rings (SSSR count). The smallest absolute Gasteiger partial charge is 0.252 e. The molecule has 0 atom stereocenters. The number of aromatic nitrogens is 1. The Morgan fingerprint density at radius 3 is 2.57 bits per heavy atom. The van der Waals surface area contributed by atoms with E-state index in [-0.39, 0.29) is 11.4 Å². The van der Waals surface area contributed by atoms with Gasteiger partial charge in [0.25, 0.3) is 5.91 Å². The summed E-state index contributed by atoms with van der Waals surface area (Å²) in [6.07, 6.45) is 0.389. The van der Waals surface area contributed by atoms with E-state index in [0.29, 0.717) is 18.7 Å². The lowest BCUT2D eigenvalue weighted by molar-refractivity contribution is -0.107. The van der Waals surface area contributed by atoms with Gasteiger partial charge in [0.05, 0.1) is 12.2 Å². The second kappa shape index (κ2) is 6.10. The Hall–Kier alpha value is -2.80. The Balaban J connectivity index is 2.39. The number of primary amides is 1. The molecule has 5 N–H and O–H groups in total. The quantitative estimate of drug-likeness (QED) is 0.318. The van der Waals surface area contributed by atoms with Crippen molar-refractivity contribution in [3.63, 3.8) is 0 Å². The number of H-pyrrole nitrogens is 1. The molecule has 21 heavy (non-hydrogen) atoms. The fourth-order valence-corrected chi connectivity index (χ4v) is 1.94. The number of nitrogens with two attached hydrogens (primary N) is 2. The zero-order chi connectivity index (χ0) is 15.4. The van der Waals surface area contributed by atoms with Gasteiger partial charge in [0, 0.05) is 5.69 Å². The molecule has 1 aromatic carbocycles. The summed E-state index contributed by atoms with van der Waals surface area (Å²) in [4.78, 5) is 25.1. The molecule has 0 saturated heterocycles. The predicted octanol–water partition coefficient (Wildman–Crippen LogP) is 1.02. The predicted molar refractivity (Wildman–Crippen MR) is 78.6 cm³/mol. The van der Waals surface area contributed by atoms with E-state index in [9.17, 15) is 9.59 Å². The van der Waals surface area contributed by atoms with E-state index in [1.54, 1.807) is 6.07 Å². The molecule has 0 radical (unpaired) electrons. The molecule has 7 heteroatoms. The van der Waals surface area contributed by atoms with Crippen molar-refractivity contribution in [2.45, 2.75) is 6.92 Å². The number of anilines is 1. The first kappa shape index (κ1) is 14.6. The van der Waals surface area contributed by atoms with Crippen LogP contribution in [0.5, 0.6) is 5.75 Å². The summed E-state index contributed by atoms with van der Waals surface area (Å²) in [6.45, 7) is 2.48. The van der Waals surface area contributed by atoms with E-state index >= 15 is 0 Å². The highest BCUT2D eigenvalue weighted by Crippen LogP contribution is 2.27. The van der Waals surface area contributed by atoms with Gasteiger partial charge in [0.1, 0.15) is 11.6 Å². The molecule has 0 aliphatic carbocycles. The van der Waals surface area contributed by atoms with E-state index in [4.69, 9.17) is 16.3 Å².